The maximum Gasteiger partial charge on any atom is 0.305 e. The van der Waals surface area contributed by atoms with E-state index < -0.39 is 0 Å². The Balaban J connectivity index is 2.23. The van der Waals surface area contributed by atoms with Crippen molar-refractivity contribution in [2.75, 3.05) is 6.61 Å². The minimum absolute atomic E-state index is 0.0300. The summed E-state index contributed by atoms with van der Waals surface area (Å²) in [4.78, 5) is 11.1. The van der Waals surface area contributed by atoms with Crippen molar-refractivity contribution in [1.29, 1.82) is 0 Å². The SMILES string of the molecule is O=C1CCCCCCC/C=C\CCO1. The standard InChI is InChI=1S/C12H20O2/c13-12-10-8-6-4-2-1-3-5-7-9-11-14-12/h5,7H,1-4,6,8-11H2/b7-5-. The summed E-state index contributed by atoms with van der Waals surface area (Å²) in [5, 5.41) is 0. The Morgan fingerprint density at radius 3 is 2.57 bits per heavy atom. The summed E-state index contributed by atoms with van der Waals surface area (Å²) in [7, 11) is 0. The van der Waals surface area contributed by atoms with Gasteiger partial charge in [-0.25, -0.2) is 0 Å². The highest BCUT2D eigenvalue weighted by Gasteiger charge is 2.01. The number of hydrogen-bond acceptors (Lipinski definition) is 2. The molecule has 0 N–H and O–H groups in total. The highest BCUT2D eigenvalue weighted by Crippen LogP contribution is 2.09. The molecule has 0 spiro atoms. The van der Waals surface area contributed by atoms with Gasteiger partial charge in [-0.2, -0.15) is 0 Å². The van der Waals surface area contributed by atoms with Crippen molar-refractivity contribution in [1.82, 2.24) is 0 Å². The fourth-order valence-electron chi connectivity index (χ4n) is 1.61. The van der Waals surface area contributed by atoms with E-state index in [9.17, 15) is 4.79 Å². The predicted molar refractivity (Wildman–Crippen MR) is 57.0 cm³/mol. The van der Waals surface area contributed by atoms with Crippen LogP contribution in [-0.2, 0) is 9.53 Å². The van der Waals surface area contributed by atoms with E-state index in [2.05, 4.69) is 12.2 Å². The molecule has 1 aliphatic rings. The Bertz CT molecular complexity index is 185. The third-order valence-electron chi connectivity index (χ3n) is 2.47. The lowest BCUT2D eigenvalue weighted by atomic mass is 10.1. The average Bonchev–Trinajstić information content (AvgIpc) is 2.20. The summed E-state index contributed by atoms with van der Waals surface area (Å²) < 4.78 is 5.07. The first-order chi connectivity index (χ1) is 6.89. The molecule has 0 unspecified atom stereocenters. The van der Waals surface area contributed by atoms with E-state index in [1.807, 2.05) is 0 Å². The van der Waals surface area contributed by atoms with E-state index in [0.717, 1.165) is 12.8 Å². The number of esters is 1. The zero-order valence-electron chi connectivity index (χ0n) is 8.84. The van der Waals surface area contributed by atoms with Gasteiger partial charge in [-0.3, -0.25) is 4.79 Å². The average molecular weight is 196 g/mol. The summed E-state index contributed by atoms with van der Waals surface area (Å²) in [6.07, 6.45) is 12.9. The van der Waals surface area contributed by atoms with Gasteiger partial charge in [-0.15, -0.1) is 0 Å². The van der Waals surface area contributed by atoms with Crippen LogP contribution in [0.15, 0.2) is 12.2 Å². The van der Waals surface area contributed by atoms with Crippen LogP contribution < -0.4 is 0 Å². The van der Waals surface area contributed by atoms with Crippen LogP contribution in [0.1, 0.15) is 51.4 Å². The highest BCUT2D eigenvalue weighted by molar-refractivity contribution is 5.69. The maximum absolute atomic E-state index is 11.1. The molecule has 2 heteroatoms. The Morgan fingerprint density at radius 2 is 1.64 bits per heavy atom. The van der Waals surface area contributed by atoms with E-state index in [-0.39, 0.29) is 5.97 Å². The molecule has 1 aliphatic heterocycles. The fourth-order valence-corrected chi connectivity index (χ4v) is 1.61. The largest absolute Gasteiger partial charge is 0.465 e. The molecule has 0 aromatic carbocycles. The molecular formula is C12H20O2. The van der Waals surface area contributed by atoms with Gasteiger partial charge in [0.15, 0.2) is 0 Å². The molecule has 0 saturated heterocycles. The van der Waals surface area contributed by atoms with Gasteiger partial charge in [0.25, 0.3) is 0 Å². The number of cyclic esters (lactones) is 1. The first kappa shape index (κ1) is 11.3. The van der Waals surface area contributed by atoms with Gasteiger partial charge >= 0.3 is 5.97 Å². The zero-order chi connectivity index (χ0) is 10.1. The molecular weight excluding hydrogens is 176 g/mol. The van der Waals surface area contributed by atoms with Crippen LogP contribution in [0.3, 0.4) is 0 Å². The molecule has 0 fully saturated rings. The van der Waals surface area contributed by atoms with Crippen LogP contribution in [-0.4, -0.2) is 12.6 Å². The summed E-state index contributed by atoms with van der Waals surface area (Å²) in [5.41, 5.74) is 0. The van der Waals surface area contributed by atoms with E-state index >= 15 is 0 Å². The summed E-state index contributed by atoms with van der Waals surface area (Å²) in [5.74, 6) is -0.0300. The number of carbonyl (C=O) groups excluding carboxylic acids is 1. The van der Waals surface area contributed by atoms with Gasteiger partial charge in [-0.1, -0.05) is 31.4 Å². The van der Waals surface area contributed by atoms with E-state index in [4.69, 9.17) is 4.74 Å². The Hall–Kier alpha value is -0.790. The van der Waals surface area contributed by atoms with Crippen molar-refractivity contribution >= 4 is 5.97 Å². The second-order valence-corrected chi connectivity index (χ2v) is 3.79. The summed E-state index contributed by atoms with van der Waals surface area (Å²) in [6.45, 7) is 0.551. The normalized spacial score (nSPS) is 23.9. The second-order valence-electron chi connectivity index (χ2n) is 3.79. The second kappa shape index (κ2) is 7.60. The number of rotatable bonds is 0. The predicted octanol–water partition coefficient (Wildman–Crippen LogP) is 3.22. The van der Waals surface area contributed by atoms with Crippen molar-refractivity contribution in [2.45, 2.75) is 51.4 Å². The van der Waals surface area contributed by atoms with Crippen LogP contribution >= 0.6 is 0 Å². The monoisotopic (exact) mass is 196 g/mol. The molecule has 0 amide bonds. The molecule has 0 atom stereocenters. The van der Waals surface area contributed by atoms with Gasteiger partial charge < -0.3 is 4.74 Å². The molecule has 2 nitrogen and oxygen atoms in total. The van der Waals surface area contributed by atoms with E-state index in [0.29, 0.717) is 13.0 Å². The lowest BCUT2D eigenvalue weighted by Gasteiger charge is -2.02. The number of hydrogen-bond donors (Lipinski definition) is 0. The van der Waals surface area contributed by atoms with Crippen molar-refractivity contribution in [3.05, 3.63) is 12.2 Å². The van der Waals surface area contributed by atoms with E-state index in [1.165, 1.54) is 32.1 Å². The number of carbonyl (C=O) groups is 1. The summed E-state index contributed by atoms with van der Waals surface area (Å²) >= 11 is 0. The minimum atomic E-state index is -0.0300. The topological polar surface area (TPSA) is 26.3 Å². The number of allylic oxidation sites excluding steroid dienone is 1. The first-order valence-corrected chi connectivity index (χ1v) is 5.70. The van der Waals surface area contributed by atoms with Crippen molar-refractivity contribution < 1.29 is 9.53 Å². The molecule has 14 heavy (non-hydrogen) atoms. The van der Waals surface area contributed by atoms with Crippen LogP contribution in [0.25, 0.3) is 0 Å². The Kier molecular flexibility index (Phi) is 6.13. The molecule has 0 aromatic rings. The van der Waals surface area contributed by atoms with Crippen LogP contribution in [0.4, 0.5) is 0 Å². The maximum atomic E-state index is 11.1. The van der Waals surface area contributed by atoms with Gasteiger partial charge in [-0.05, 0) is 25.7 Å². The molecule has 0 saturated carbocycles. The molecule has 80 valence electrons. The minimum Gasteiger partial charge on any atom is -0.465 e. The highest BCUT2D eigenvalue weighted by atomic mass is 16.5. The lowest BCUT2D eigenvalue weighted by Crippen LogP contribution is -2.04. The molecule has 1 heterocycles. The lowest BCUT2D eigenvalue weighted by molar-refractivity contribution is -0.143. The molecule has 0 aliphatic carbocycles. The zero-order valence-corrected chi connectivity index (χ0v) is 8.84. The van der Waals surface area contributed by atoms with Gasteiger partial charge in [0, 0.05) is 6.42 Å². The van der Waals surface area contributed by atoms with Gasteiger partial charge in [0.1, 0.15) is 0 Å². The van der Waals surface area contributed by atoms with Crippen LogP contribution in [0, 0.1) is 0 Å². The molecule has 0 radical (unpaired) electrons. The summed E-state index contributed by atoms with van der Waals surface area (Å²) in [6, 6.07) is 0. The van der Waals surface area contributed by atoms with Crippen molar-refractivity contribution in [2.24, 2.45) is 0 Å². The first-order valence-electron chi connectivity index (χ1n) is 5.70. The van der Waals surface area contributed by atoms with Crippen LogP contribution in [0.2, 0.25) is 0 Å². The fraction of sp³-hybridized carbons (Fsp3) is 0.750. The van der Waals surface area contributed by atoms with Crippen molar-refractivity contribution in [3.8, 4) is 0 Å². The third kappa shape index (κ3) is 5.79. The van der Waals surface area contributed by atoms with Crippen molar-refractivity contribution in [3.63, 3.8) is 0 Å². The smallest absolute Gasteiger partial charge is 0.305 e. The Morgan fingerprint density at radius 1 is 0.929 bits per heavy atom. The Labute approximate surface area is 86.3 Å². The third-order valence-corrected chi connectivity index (χ3v) is 2.47. The van der Waals surface area contributed by atoms with E-state index in [1.54, 1.807) is 0 Å². The van der Waals surface area contributed by atoms with Gasteiger partial charge in [0.05, 0.1) is 6.61 Å². The molecule has 1 rings (SSSR count). The number of ether oxygens (including phenoxy) is 1. The van der Waals surface area contributed by atoms with Crippen LogP contribution in [0.5, 0.6) is 0 Å². The van der Waals surface area contributed by atoms with Gasteiger partial charge in [0.2, 0.25) is 0 Å². The quantitative estimate of drug-likeness (QED) is 0.439. The molecule has 0 bridgehead atoms. The molecule has 0 aromatic heterocycles.